The van der Waals surface area contributed by atoms with Crippen molar-refractivity contribution in [1.82, 2.24) is 10.2 Å². The minimum absolute atomic E-state index is 0.200. The van der Waals surface area contributed by atoms with Gasteiger partial charge in [0.05, 0.1) is 0 Å². The van der Waals surface area contributed by atoms with E-state index in [1.165, 1.54) is 12.1 Å². The Bertz CT molecular complexity index is 684. The lowest BCUT2D eigenvalue weighted by Crippen LogP contribution is -2.34. The van der Waals surface area contributed by atoms with Crippen LogP contribution in [-0.4, -0.2) is 22.1 Å². The molecule has 1 aromatic carbocycles. The standard InChI is InChI=1S/C15H16N4O2/c16-9-10-1-3-11(4-2-10)19(12-5-6-12)15(21)13-7-8-14(20)18-17-13/h1-4,7-8,12H,5-6,9,16H2,(H,18,20). The highest BCUT2D eigenvalue weighted by Gasteiger charge is 2.34. The highest BCUT2D eigenvalue weighted by molar-refractivity contribution is 6.05. The number of hydrogen-bond acceptors (Lipinski definition) is 4. The molecule has 1 aromatic heterocycles. The Kier molecular flexibility index (Phi) is 3.53. The fourth-order valence-electron chi connectivity index (χ4n) is 2.21. The number of nitrogens with zero attached hydrogens (tertiary/aromatic N) is 2. The predicted octanol–water partition coefficient (Wildman–Crippen LogP) is 1.04. The minimum atomic E-state index is -0.322. The highest BCUT2D eigenvalue weighted by Crippen LogP contribution is 2.32. The fourth-order valence-corrected chi connectivity index (χ4v) is 2.21. The zero-order valence-corrected chi connectivity index (χ0v) is 11.5. The summed E-state index contributed by atoms with van der Waals surface area (Å²) in [6, 6.07) is 10.6. The van der Waals surface area contributed by atoms with Crippen LogP contribution in [0.25, 0.3) is 0 Å². The summed E-state index contributed by atoms with van der Waals surface area (Å²) in [6.07, 6.45) is 1.96. The molecule has 0 unspecified atom stereocenters. The molecule has 1 aliphatic rings. The van der Waals surface area contributed by atoms with E-state index in [1.54, 1.807) is 4.90 Å². The Hall–Kier alpha value is -2.47. The molecule has 1 heterocycles. The number of carbonyl (C=O) groups excluding carboxylic acids is 1. The van der Waals surface area contributed by atoms with Gasteiger partial charge in [0.15, 0.2) is 0 Å². The van der Waals surface area contributed by atoms with Crippen molar-refractivity contribution in [3.05, 3.63) is 58.0 Å². The van der Waals surface area contributed by atoms with E-state index < -0.39 is 0 Å². The van der Waals surface area contributed by atoms with Crippen LogP contribution in [-0.2, 0) is 6.54 Å². The summed E-state index contributed by atoms with van der Waals surface area (Å²) in [4.78, 5) is 25.4. The van der Waals surface area contributed by atoms with Crippen molar-refractivity contribution < 1.29 is 4.79 Å². The van der Waals surface area contributed by atoms with Gasteiger partial charge in [0.2, 0.25) is 0 Å². The first-order chi connectivity index (χ1) is 10.2. The van der Waals surface area contributed by atoms with Crippen molar-refractivity contribution in [3.8, 4) is 0 Å². The third-order valence-electron chi connectivity index (χ3n) is 3.48. The molecule has 0 saturated heterocycles. The molecule has 1 saturated carbocycles. The molecule has 2 aromatic rings. The molecule has 108 valence electrons. The number of carbonyl (C=O) groups is 1. The van der Waals surface area contributed by atoms with Gasteiger partial charge in [-0.15, -0.1) is 0 Å². The van der Waals surface area contributed by atoms with E-state index in [-0.39, 0.29) is 23.2 Å². The Morgan fingerprint density at radius 2 is 1.95 bits per heavy atom. The molecule has 0 spiro atoms. The summed E-state index contributed by atoms with van der Waals surface area (Å²) in [5.74, 6) is -0.200. The Labute approximate surface area is 121 Å². The van der Waals surface area contributed by atoms with Gasteiger partial charge in [0.25, 0.3) is 11.5 Å². The first-order valence-electron chi connectivity index (χ1n) is 6.87. The van der Waals surface area contributed by atoms with E-state index in [2.05, 4.69) is 10.2 Å². The number of aromatic amines is 1. The van der Waals surface area contributed by atoms with Crippen LogP contribution >= 0.6 is 0 Å². The number of rotatable bonds is 4. The van der Waals surface area contributed by atoms with Gasteiger partial charge >= 0.3 is 0 Å². The molecule has 1 aliphatic carbocycles. The molecule has 0 aliphatic heterocycles. The summed E-state index contributed by atoms with van der Waals surface area (Å²) in [5, 5.41) is 6.11. The second-order valence-corrected chi connectivity index (χ2v) is 5.08. The maximum Gasteiger partial charge on any atom is 0.278 e. The first-order valence-corrected chi connectivity index (χ1v) is 6.87. The summed E-state index contributed by atoms with van der Waals surface area (Å²) in [7, 11) is 0. The number of benzene rings is 1. The average Bonchev–Trinajstić information content (AvgIpc) is 3.33. The van der Waals surface area contributed by atoms with Gasteiger partial charge in [0.1, 0.15) is 5.69 Å². The zero-order valence-electron chi connectivity index (χ0n) is 11.5. The molecule has 6 heteroatoms. The Balaban J connectivity index is 1.91. The maximum atomic E-state index is 12.6. The summed E-state index contributed by atoms with van der Waals surface area (Å²) in [5.41, 5.74) is 7.35. The van der Waals surface area contributed by atoms with Crippen molar-refractivity contribution in [2.45, 2.75) is 25.4 Å². The van der Waals surface area contributed by atoms with Crippen molar-refractivity contribution in [3.63, 3.8) is 0 Å². The van der Waals surface area contributed by atoms with Crippen LogP contribution < -0.4 is 16.2 Å². The normalized spacial score (nSPS) is 14.0. The van der Waals surface area contributed by atoms with E-state index in [0.717, 1.165) is 24.1 Å². The highest BCUT2D eigenvalue weighted by atomic mass is 16.2. The average molecular weight is 284 g/mol. The Morgan fingerprint density at radius 1 is 1.24 bits per heavy atom. The monoisotopic (exact) mass is 284 g/mol. The molecule has 1 fully saturated rings. The number of anilines is 1. The summed E-state index contributed by atoms with van der Waals surface area (Å²) in [6.45, 7) is 0.471. The SMILES string of the molecule is NCc1ccc(N(C(=O)c2ccc(=O)[nH]n2)C2CC2)cc1. The molecule has 0 bridgehead atoms. The van der Waals surface area contributed by atoms with Gasteiger partial charge in [-0.2, -0.15) is 5.10 Å². The quantitative estimate of drug-likeness (QED) is 0.877. The lowest BCUT2D eigenvalue weighted by Gasteiger charge is -2.22. The van der Waals surface area contributed by atoms with Crippen molar-refractivity contribution in [2.24, 2.45) is 5.73 Å². The van der Waals surface area contributed by atoms with Crippen LogP contribution in [0.4, 0.5) is 5.69 Å². The molecular formula is C15H16N4O2. The maximum absolute atomic E-state index is 12.6. The topological polar surface area (TPSA) is 92.1 Å². The lowest BCUT2D eigenvalue weighted by molar-refractivity contribution is 0.0979. The number of nitrogens with two attached hydrogens (primary N) is 1. The molecule has 0 atom stereocenters. The van der Waals surface area contributed by atoms with Gasteiger partial charge < -0.3 is 10.6 Å². The van der Waals surface area contributed by atoms with Gasteiger partial charge in [0, 0.05) is 24.3 Å². The van der Waals surface area contributed by atoms with Gasteiger partial charge in [-0.3, -0.25) is 9.59 Å². The Morgan fingerprint density at radius 3 is 2.48 bits per heavy atom. The zero-order chi connectivity index (χ0) is 14.8. The molecule has 0 radical (unpaired) electrons. The largest absolute Gasteiger partial charge is 0.326 e. The number of hydrogen-bond donors (Lipinski definition) is 2. The van der Waals surface area contributed by atoms with Gasteiger partial charge in [-0.05, 0) is 36.6 Å². The number of H-pyrrole nitrogens is 1. The van der Waals surface area contributed by atoms with E-state index >= 15 is 0 Å². The van der Waals surface area contributed by atoms with Gasteiger partial charge in [-0.25, -0.2) is 5.10 Å². The third kappa shape index (κ3) is 2.85. The molecular weight excluding hydrogens is 268 g/mol. The second-order valence-electron chi connectivity index (χ2n) is 5.08. The number of nitrogens with one attached hydrogen (secondary N) is 1. The van der Waals surface area contributed by atoms with E-state index in [9.17, 15) is 9.59 Å². The van der Waals surface area contributed by atoms with Crippen LogP contribution in [0, 0.1) is 0 Å². The summed E-state index contributed by atoms with van der Waals surface area (Å²) >= 11 is 0. The lowest BCUT2D eigenvalue weighted by atomic mass is 10.2. The van der Waals surface area contributed by atoms with E-state index in [1.807, 2.05) is 24.3 Å². The molecule has 3 rings (SSSR count). The van der Waals surface area contributed by atoms with Crippen LogP contribution in [0.5, 0.6) is 0 Å². The van der Waals surface area contributed by atoms with Crippen molar-refractivity contribution in [1.29, 1.82) is 0 Å². The van der Waals surface area contributed by atoms with E-state index in [0.29, 0.717) is 6.54 Å². The smallest absolute Gasteiger partial charge is 0.278 e. The van der Waals surface area contributed by atoms with Crippen LogP contribution in [0.2, 0.25) is 0 Å². The minimum Gasteiger partial charge on any atom is -0.326 e. The van der Waals surface area contributed by atoms with Gasteiger partial charge in [-0.1, -0.05) is 12.1 Å². The van der Waals surface area contributed by atoms with E-state index in [4.69, 9.17) is 5.73 Å². The molecule has 6 nitrogen and oxygen atoms in total. The number of amides is 1. The van der Waals surface area contributed by atoms with Crippen LogP contribution in [0.3, 0.4) is 0 Å². The first kappa shape index (κ1) is 13.5. The number of aromatic nitrogens is 2. The van der Waals surface area contributed by atoms with Crippen LogP contribution in [0.15, 0.2) is 41.2 Å². The second kappa shape index (κ2) is 5.49. The van der Waals surface area contributed by atoms with Crippen LogP contribution in [0.1, 0.15) is 28.9 Å². The van der Waals surface area contributed by atoms with Crippen molar-refractivity contribution >= 4 is 11.6 Å². The third-order valence-corrected chi connectivity index (χ3v) is 3.48. The molecule has 21 heavy (non-hydrogen) atoms. The predicted molar refractivity (Wildman–Crippen MR) is 79.0 cm³/mol. The summed E-state index contributed by atoms with van der Waals surface area (Å²) < 4.78 is 0. The molecule has 3 N–H and O–H groups in total. The van der Waals surface area contributed by atoms with Crippen molar-refractivity contribution in [2.75, 3.05) is 4.90 Å². The molecule has 1 amide bonds. The fraction of sp³-hybridized carbons (Fsp3) is 0.267.